The number of alkyl halides is 1. The molecule has 0 saturated heterocycles. The molecule has 0 fully saturated rings. The Labute approximate surface area is 114 Å². The fourth-order valence-electron chi connectivity index (χ4n) is 1.78. The number of benzene rings is 1. The van der Waals surface area contributed by atoms with E-state index in [2.05, 4.69) is 0 Å². The van der Waals surface area contributed by atoms with E-state index in [1.165, 1.54) is 12.1 Å². The van der Waals surface area contributed by atoms with Crippen molar-refractivity contribution >= 4 is 28.6 Å². The molecule has 0 amide bonds. The van der Waals surface area contributed by atoms with E-state index in [0.717, 1.165) is 4.88 Å². The molecular weight excluding hydrogens is 276 g/mol. The summed E-state index contributed by atoms with van der Waals surface area (Å²) in [5.41, 5.74) is 0.428. The Morgan fingerprint density at radius 1 is 1.28 bits per heavy atom. The summed E-state index contributed by atoms with van der Waals surface area (Å²) in [6.07, 6.45) is 0. The topological polar surface area (TPSA) is 3.24 Å². The van der Waals surface area contributed by atoms with Crippen molar-refractivity contribution in [1.29, 1.82) is 0 Å². The zero-order valence-electron chi connectivity index (χ0n) is 9.79. The third kappa shape index (κ3) is 2.82. The number of hydrogen-bond acceptors (Lipinski definition) is 2. The highest BCUT2D eigenvalue weighted by Gasteiger charge is 2.15. The predicted octanol–water partition coefficient (Wildman–Crippen LogP) is 4.40. The first kappa shape index (κ1) is 13.3. The lowest BCUT2D eigenvalue weighted by Crippen LogP contribution is -2.18. The van der Waals surface area contributed by atoms with E-state index in [4.69, 9.17) is 11.6 Å². The average molecular weight is 288 g/mol. The van der Waals surface area contributed by atoms with Crippen LogP contribution in [0.4, 0.5) is 14.5 Å². The van der Waals surface area contributed by atoms with E-state index >= 15 is 0 Å². The highest BCUT2D eigenvalue weighted by Crippen LogP contribution is 2.26. The Kier molecular flexibility index (Phi) is 4.19. The molecule has 0 bridgehead atoms. The van der Waals surface area contributed by atoms with Gasteiger partial charge in [-0.25, -0.2) is 8.78 Å². The summed E-state index contributed by atoms with van der Waals surface area (Å²) < 4.78 is 27.7. The number of hydrogen-bond donors (Lipinski definition) is 0. The van der Waals surface area contributed by atoms with E-state index in [9.17, 15) is 8.78 Å². The Morgan fingerprint density at radius 2 is 1.94 bits per heavy atom. The molecule has 0 radical (unpaired) electrons. The first-order valence-corrected chi connectivity index (χ1v) is 6.80. The van der Waals surface area contributed by atoms with Gasteiger partial charge in [0.15, 0.2) is 0 Å². The maximum absolute atomic E-state index is 13.8. The molecule has 0 N–H and O–H groups in total. The molecule has 0 aliphatic rings. The van der Waals surface area contributed by atoms with Gasteiger partial charge in [0.25, 0.3) is 0 Å². The predicted molar refractivity (Wildman–Crippen MR) is 72.3 cm³/mol. The molecule has 5 heteroatoms. The maximum atomic E-state index is 13.8. The van der Waals surface area contributed by atoms with Gasteiger partial charge < -0.3 is 4.90 Å². The molecule has 18 heavy (non-hydrogen) atoms. The monoisotopic (exact) mass is 287 g/mol. The number of anilines is 1. The van der Waals surface area contributed by atoms with Crippen molar-refractivity contribution in [3.8, 4) is 0 Å². The molecule has 0 aliphatic heterocycles. The van der Waals surface area contributed by atoms with Crippen molar-refractivity contribution < 1.29 is 8.78 Å². The van der Waals surface area contributed by atoms with Crippen molar-refractivity contribution in [3.63, 3.8) is 0 Å². The lowest BCUT2D eigenvalue weighted by Gasteiger charge is -2.20. The van der Waals surface area contributed by atoms with Crippen molar-refractivity contribution in [2.75, 3.05) is 11.9 Å². The van der Waals surface area contributed by atoms with Crippen LogP contribution in [0.1, 0.15) is 10.4 Å². The van der Waals surface area contributed by atoms with Gasteiger partial charge in [-0.05, 0) is 29.1 Å². The van der Waals surface area contributed by atoms with Gasteiger partial charge in [-0.2, -0.15) is 0 Å². The third-order valence-corrected chi connectivity index (χ3v) is 3.76. The minimum absolute atomic E-state index is 0.0164. The molecule has 0 spiro atoms. The maximum Gasteiger partial charge on any atom is 0.149 e. The quantitative estimate of drug-likeness (QED) is 0.753. The Balaban J connectivity index is 2.27. The zero-order chi connectivity index (χ0) is 13.1. The van der Waals surface area contributed by atoms with Crippen LogP contribution >= 0.6 is 22.9 Å². The first-order chi connectivity index (χ1) is 8.61. The van der Waals surface area contributed by atoms with E-state index in [1.807, 2.05) is 17.5 Å². The summed E-state index contributed by atoms with van der Waals surface area (Å²) in [5.74, 6) is -1.06. The molecule has 2 rings (SSSR count). The second-order valence-corrected chi connectivity index (χ2v) is 5.28. The smallest absolute Gasteiger partial charge is 0.149 e. The van der Waals surface area contributed by atoms with Crippen LogP contribution in [0, 0.1) is 11.6 Å². The standard InChI is InChI=1S/C13H12ClF2NS/c1-17(8-10-3-2-4-18-10)13-11(15)5-9(7-14)6-12(13)16/h2-6H,7-8H2,1H3. The van der Waals surface area contributed by atoms with Gasteiger partial charge in [-0.3, -0.25) is 0 Å². The normalized spacial score (nSPS) is 10.7. The van der Waals surface area contributed by atoms with Gasteiger partial charge in [-0.1, -0.05) is 6.07 Å². The molecule has 0 aliphatic carbocycles. The molecule has 1 heterocycles. The highest BCUT2D eigenvalue weighted by atomic mass is 35.5. The Bertz CT molecular complexity index is 505. The fraction of sp³-hybridized carbons (Fsp3) is 0.231. The summed E-state index contributed by atoms with van der Waals surface area (Å²) in [7, 11) is 1.67. The van der Waals surface area contributed by atoms with Gasteiger partial charge in [0.1, 0.15) is 17.3 Å². The summed E-state index contributed by atoms with van der Waals surface area (Å²) in [6, 6.07) is 6.40. The zero-order valence-corrected chi connectivity index (χ0v) is 11.4. The molecule has 0 unspecified atom stereocenters. The minimum atomic E-state index is -0.579. The van der Waals surface area contributed by atoms with Crippen molar-refractivity contribution in [1.82, 2.24) is 0 Å². The molecule has 96 valence electrons. The van der Waals surface area contributed by atoms with Crippen LogP contribution in [0.15, 0.2) is 29.6 Å². The van der Waals surface area contributed by atoms with Crippen LogP contribution in [0.25, 0.3) is 0 Å². The molecular formula is C13H12ClF2NS. The fourth-order valence-corrected chi connectivity index (χ4v) is 2.69. The lowest BCUT2D eigenvalue weighted by atomic mass is 10.2. The number of rotatable bonds is 4. The average Bonchev–Trinajstić information content (AvgIpc) is 2.80. The van der Waals surface area contributed by atoms with Crippen LogP contribution in [-0.4, -0.2) is 7.05 Å². The summed E-state index contributed by atoms with van der Waals surface area (Å²) in [5, 5.41) is 1.94. The van der Waals surface area contributed by atoms with Crippen molar-refractivity contribution in [3.05, 3.63) is 51.7 Å². The van der Waals surface area contributed by atoms with Gasteiger partial charge in [0.2, 0.25) is 0 Å². The minimum Gasteiger partial charge on any atom is -0.365 e. The van der Waals surface area contributed by atoms with Crippen molar-refractivity contribution in [2.24, 2.45) is 0 Å². The van der Waals surface area contributed by atoms with Gasteiger partial charge in [-0.15, -0.1) is 22.9 Å². The van der Waals surface area contributed by atoms with Crippen molar-refractivity contribution in [2.45, 2.75) is 12.4 Å². The summed E-state index contributed by atoms with van der Waals surface area (Å²) >= 11 is 7.13. The van der Waals surface area contributed by atoms with E-state index < -0.39 is 11.6 Å². The summed E-state index contributed by atoms with van der Waals surface area (Å²) in [6.45, 7) is 0.478. The van der Waals surface area contributed by atoms with Gasteiger partial charge >= 0.3 is 0 Å². The lowest BCUT2D eigenvalue weighted by molar-refractivity contribution is 0.575. The molecule has 1 aromatic heterocycles. The van der Waals surface area contributed by atoms with Gasteiger partial charge in [0.05, 0.1) is 6.54 Å². The number of halogens is 3. The Morgan fingerprint density at radius 3 is 2.44 bits per heavy atom. The molecule has 0 atom stereocenters. The van der Waals surface area contributed by atoms with Crippen LogP contribution in [0.3, 0.4) is 0 Å². The molecule has 1 nitrogen and oxygen atoms in total. The molecule has 1 aromatic carbocycles. The second-order valence-electron chi connectivity index (χ2n) is 3.98. The third-order valence-electron chi connectivity index (χ3n) is 2.59. The summed E-state index contributed by atoms with van der Waals surface area (Å²) in [4.78, 5) is 2.62. The molecule has 2 aromatic rings. The van der Waals surface area contributed by atoms with Crippen LogP contribution < -0.4 is 4.90 Å². The number of thiophene rings is 1. The SMILES string of the molecule is CN(Cc1cccs1)c1c(F)cc(CCl)cc1F. The van der Waals surface area contributed by atoms with E-state index in [-0.39, 0.29) is 11.6 Å². The molecule has 0 saturated carbocycles. The first-order valence-electron chi connectivity index (χ1n) is 5.39. The Hall–Kier alpha value is -1.13. The largest absolute Gasteiger partial charge is 0.365 e. The second kappa shape index (κ2) is 5.67. The highest BCUT2D eigenvalue weighted by molar-refractivity contribution is 7.09. The van der Waals surface area contributed by atoms with Crippen LogP contribution in [0.2, 0.25) is 0 Å². The van der Waals surface area contributed by atoms with E-state index in [1.54, 1.807) is 23.3 Å². The van der Waals surface area contributed by atoms with E-state index in [0.29, 0.717) is 12.1 Å². The van der Waals surface area contributed by atoms with Crippen LogP contribution in [-0.2, 0) is 12.4 Å². The van der Waals surface area contributed by atoms with Crippen LogP contribution in [0.5, 0.6) is 0 Å². The number of nitrogens with zero attached hydrogens (tertiary/aromatic N) is 1. The van der Waals surface area contributed by atoms with Gasteiger partial charge in [0, 0.05) is 17.8 Å².